The molecule has 0 aliphatic carbocycles. The Morgan fingerprint density at radius 1 is 1.44 bits per heavy atom. The van der Waals surface area contributed by atoms with E-state index in [1.807, 2.05) is 32.7 Å². The quantitative estimate of drug-likeness (QED) is 0.790. The lowest BCUT2D eigenvalue weighted by atomic mass is 10.1. The van der Waals surface area contributed by atoms with Gasteiger partial charge in [-0.3, -0.25) is 0 Å². The highest BCUT2D eigenvalue weighted by Crippen LogP contribution is 2.14. The average molecular weight is 219 g/mol. The van der Waals surface area contributed by atoms with E-state index in [-0.39, 0.29) is 6.04 Å². The summed E-state index contributed by atoms with van der Waals surface area (Å²) in [7, 11) is 3.97. The van der Waals surface area contributed by atoms with E-state index in [0.29, 0.717) is 0 Å². The van der Waals surface area contributed by atoms with Gasteiger partial charge in [0.25, 0.3) is 0 Å². The minimum atomic E-state index is 0.256. The summed E-state index contributed by atoms with van der Waals surface area (Å²) >= 11 is 0. The Hall–Kier alpha value is -1.62. The van der Waals surface area contributed by atoms with E-state index >= 15 is 0 Å². The molecule has 5 heteroatoms. The average Bonchev–Trinajstić information content (AvgIpc) is 2.92. The van der Waals surface area contributed by atoms with Crippen molar-refractivity contribution in [1.29, 1.82) is 0 Å². The van der Waals surface area contributed by atoms with E-state index in [1.54, 1.807) is 6.20 Å². The molecule has 2 aromatic heterocycles. The molecular weight excluding hydrogens is 202 g/mol. The van der Waals surface area contributed by atoms with Crippen LogP contribution in [0.5, 0.6) is 0 Å². The van der Waals surface area contributed by atoms with Gasteiger partial charge in [-0.1, -0.05) is 0 Å². The van der Waals surface area contributed by atoms with Gasteiger partial charge in [0, 0.05) is 38.3 Å². The predicted molar refractivity (Wildman–Crippen MR) is 61.9 cm³/mol. The molecule has 2 N–H and O–H groups in total. The Kier molecular flexibility index (Phi) is 3.36. The highest BCUT2D eigenvalue weighted by atomic mass is 15.0. The molecule has 0 aromatic carbocycles. The summed E-state index contributed by atoms with van der Waals surface area (Å²) < 4.78 is 2.05. The minimum absolute atomic E-state index is 0.256. The second kappa shape index (κ2) is 4.94. The number of aryl methyl sites for hydroxylation is 2. The van der Waals surface area contributed by atoms with E-state index in [2.05, 4.69) is 24.8 Å². The first-order valence-corrected chi connectivity index (χ1v) is 5.44. The molecule has 1 atom stereocenters. The molecule has 86 valence electrons. The van der Waals surface area contributed by atoms with E-state index in [4.69, 9.17) is 0 Å². The number of hydrogen-bond acceptors (Lipinski definition) is 3. The van der Waals surface area contributed by atoms with Crippen molar-refractivity contribution in [3.05, 3.63) is 36.4 Å². The molecule has 0 spiro atoms. The highest BCUT2D eigenvalue weighted by molar-refractivity contribution is 4.98. The molecule has 0 aliphatic heterocycles. The molecule has 0 bridgehead atoms. The highest BCUT2D eigenvalue weighted by Gasteiger charge is 2.12. The molecule has 2 heterocycles. The summed E-state index contributed by atoms with van der Waals surface area (Å²) in [5.41, 5.74) is 0. The van der Waals surface area contributed by atoms with Gasteiger partial charge >= 0.3 is 0 Å². The number of imidazole rings is 2. The van der Waals surface area contributed by atoms with Crippen LogP contribution in [0, 0.1) is 0 Å². The molecule has 2 aromatic rings. The zero-order valence-corrected chi connectivity index (χ0v) is 9.64. The van der Waals surface area contributed by atoms with Crippen LogP contribution < -0.4 is 5.32 Å². The van der Waals surface area contributed by atoms with Gasteiger partial charge in [0.1, 0.15) is 11.6 Å². The predicted octanol–water partition coefficient (Wildman–Crippen LogP) is 1.04. The third-order valence-electron chi connectivity index (χ3n) is 2.78. The lowest BCUT2D eigenvalue weighted by Crippen LogP contribution is -2.19. The smallest absolute Gasteiger partial charge is 0.123 e. The molecule has 0 aliphatic rings. The summed E-state index contributed by atoms with van der Waals surface area (Å²) in [5.74, 6) is 2.09. The first-order valence-electron chi connectivity index (χ1n) is 5.44. The number of aromatic nitrogens is 4. The Morgan fingerprint density at radius 2 is 2.31 bits per heavy atom. The van der Waals surface area contributed by atoms with Crippen molar-refractivity contribution >= 4 is 0 Å². The van der Waals surface area contributed by atoms with Gasteiger partial charge in [0.15, 0.2) is 0 Å². The fourth-order valence-electron chi connectivity index (χ4n) is 1.80. The van der Waals surface area contributed by atoms with Crippen molar-refractivity contribution in [2.75, 3.05) is 7.05 Å². The maximum atomic E-state index is 4.31. The van der Waals surface area contributed by atoms with Crippen LogP contribution in [-0.2, 0) is 13.5 Å². The van der Waals surface area contributed by atoms with Gasteiger partial charge in [-0.15, -0.1) is 0 Å². The van der Waals surface area contributed by atoms with Crippen molar-refractivity contribution in [3.63, 3.8) is 0 Å². The van der Waals surface area contributed by atoms with Crippen molar-refractivity contribution in [1.82, 2.24) is 24.8 Å². The van der Waals surface area contributed by atoms with Gasteiger partial charge in [-0.05, 0) is 13.5 Å². The Labute approximate surface area is 94.9 Å². The summed E-state index contributed by atoms with van der Waals surface area (Å²) in [5, 5.41) is 3.26. The van der Waals surface area contributed by atoms with Crippen LogP contribution in [0.3, 0.4) is 0 Å². The minimum Gasteiger partial charge on any atom is -0.347 e. The van der Waals surface area contributed by atoms with Gasteiger partial charge in [0.05, 0.1) is 6.04 Å². The van der Waals surface area contributed by atoms with Crippen molar-refractivity contribution in [2.45, 2.75) is 18.9 Å². The van der Waals surface area contributed by atoms with Crippen LogP contribution in [-0.4, -0.2) is 26.6 Å². The second-order valence-corrected chi connectivity index (χ2v) is 3.81. The first kappa shape index (κ1) is 10.9. The van der Waals surface area contributed by atoms with Gasteiger partial charge in [-0.25, -0.2) is 9.97 Å². The Bertz CT molecular complexity index is 417. The number of nitrogens with zero attached hydrogens (tertiary/aromatic N) is 3. The summed E-state index contributed by atoms with van der Waals surface area (Å²) in [6, 6.07) is 0.256. The van der Waals surface area contributed by atoms with Crippen molar-refractivity contribution in [2.24, 2.45) is 7.05 Å². The number of nitrogens with one attached hydrogen (secondary N) is 2. The number of rotatable bonds is 5. The fourth-order valence-corrected chi connectivity index (χ4v) is 1.80. The van der Waals surface area contributed by atoms with Gasteiger partial charge in [0.2, 0.25) is 0 Å². The largest absolute Gasteiger partial charge is 0.347 e. The van der Waals surface area contributed by atoms with Crippen LogP contribution in [0.4, 0.5) is 0 Å². The Morgan fingerprint density at radius 3 is 2.88 bits per heavy atom. The molecule has 5 nitrogen and oxygen atoms in total. The third kappa shape index (κ3) is 2.30. The zero-order valence-electron chi connectivity index (χ0n) is 9.64. The second-order valence-electron chi connectivity index (χ2n) is 3.81. The zero-order chi connectivity index (χ0) is 11.4. The maximum absolute atomic E-state index is 4.31. The van der Waals surface area contributed by atoms with E-state index in [0.717, 1.165) is 24.5 Å². The molecule has 0 fully saturated rings. The number of aromatic amines is 1. The number of hydrogen-bond donors (Lipinski definition) is 2. The van der Waals surface area contributed by atoms with Crippen LogP contribution in [0.25, 0.3) is 0 Å². The van der Waals surface area contributed by atoms with Crippen LogP contribution in [0.2, 0.25) is 0 Å². The van der Waals surface area contributed by atoms with Crippen LogP contribution in [0.15, 0.2) is 24.8 Å². The molecule has 0 saturated heterocycles. The fraction of sp³-hybridized carbons (Fsp3) is 0.455. The van der Waals surface area contributed by atoms with E-state index in [1.165, 1.54) is 0 Å². The van der Waals surface area contributed by atoms with E-state index in [9.17, 15) is 0 Å². The third-order valence-corrected chi connectivity index (χ3v) is 2.78. The SMILES string of the molecule is CNC(CCc1nccn1C)c1ncc[nH]1. The molecule has 0 radical (unpaired) electrons. The van der Waals surface area contributed by atoms with Crippen molar-refractivity contribution in [3.8, 4) is 0 Å². The lowest BCUT2D eigenvalue weighted by molar-refractivity contribution is 0.514. The van der Waals surface area contributed by atoms with Gasteiger partial charge in [-0.2, -0.15) is 0 Å². The molecule has 16 heavy (non-hydrogen) atoms. The van der Waals surface area contributed by atoms with Crippen LogP contribution >= 0.6 is 0 Å². The maximum Gasteiger partial charge on any atom is 0.123 e. The van der Waals surface area contributed by atoms with Crippen molar-refractivity contribution < 1.29 is 0 Å². The normalized spacial score (nSPS) is 12.9. The monoisotopic (exact) mass is 219 g/mol. The molecular formula is C11H17N5. The lowest BCUT2D eigenvalue weighted by Gasteiger charge is -2.13. The van der Waals surface area contributed by atoms with Gasteiger partial charge < -0.3 is 14.9 Å². The first-order chi connectivity index (χ1) is 7.81. The summed E-state index contributed by atoms with van der Waals surface area (Å²) in [4.78, 5) is 11.7. The topological polar surface area (TPSA) is 58.5 Å². The summed E-state index contributed by atoms with van der Waals surface area (Å²) in [6.45, 7) is 0. The standard InChI is InChI=1S/C11H17N5/c1-12-9(11-14-5-6-15-11)3-4-10-13-7-8-16(10)2/h5-9,12H,3-4H2,1-2H3,(H,14,15). The molecule has 0 amide bonds. The van der Waals surface area contributed by atoms with Crippen LogP contribution in [0.1, 0.15) is 24.1 Å². The number of H-pyrrole nitrogens is 1. The summed E-state index contributed by atoms with van der Waals surface area (Å²) in [6.07, 6.45) is 9.35. The molecule has 0 saturated carbocycles. The Balaban J connectivity index is 1.96. The molecule has 1 unspecified atom stereocenters. The van der Waals surface area contributed by atoms with E-state index < -0.39 is 0 Å². The molecule has 2 rings (SSSR count).